The molecule has 0 aromatic heterocycles. The van der Waals surface area contributed by atoms with Crippen LogP contribution in [0.2, 0.25) is 0 Å². The SMILES string of the molecule is Cc1ccc(S(=O)(=O)NC2CCN(C(=O)Cc3ccccc3)CC2)cc1C. The second-order valence-electron chi connectivity index (χ2n) is 7.18. The summed E-state index contributed by atoms with van der Waals surface area (Å²) < 4.78 is 28.1. The minimum absolute atomic E-state index is 0.0941. The Hall–Kier alpha value is -2.18. The highest BCUT2D eigenvalue weighted by molar-refractivity contribution is 7.89. The molecule has 0 saturated carbocycles. The smallest absolute Gasteiger partial charge is 0.240 e. The normalized spacial score (nSPS) is 15.7. The summed E-state index contributed by atoms with van der Waals surface area (Å²) in [5.74, 6) is 0.0941. The number of nitrogens with zero attached hydrogens (tertiary/aromatic N) is 1. The number of nitrogens with one attached hydrogen (secondary N) is 1. The van der Waals surface area contributed by atoms with Crippen molar-refractivity contribution >= 4 is 15.9 Å². The van der Waals surface area contributed by atoms with E-state index in [-0.39, 0.29) is 11.9 Å². The van der Waals surface area contributed by atoms with Gasteiger partial charge in [0, 0.05) is 19.1 Å². The van der Waals surface area contributed by atoms with Crippen LogP contribution in [0, 0.1) is 13.8 Å². The third-order valence-electron chi connectivity index (χ3n) is 5.16. The molecule has 2 aromatic carbocycles. The molecule has 1 amide bonds. The first kappa shape index (κ1) is 19.6. The molecule has 27 heavy (non-hydrogen) atoms. The fourth-order valence-electron chi connectivity index (χ4n) is 3.30. The van der Waals surface area contributed by atoms with E-state index in [2.05, 4.69) is 4.72 Å². The summed E-state index contributed by atoms with van der Waals surface area (Å²) in [6, 6.07) is 14.7. The van der Waals surface area contributed by atoms with Crippen LogP contribution in [0.25, 0.3) is 0 Å². The van der Waals surface area contributed by atoms with Gasteiger partial charge in [0.25, 0.3) is 0 Å². The van der Waals surface area contributed by atoms with Crippen LogP contribution in [0.4, 0.5) is 0 Å². The molecular weight excluding hydrogens is 360 g/mol. The molecule has 144 valence electrons. The van der Waals surface area contributed by atoms with Crippen molar-refractivity contribution in [3.63, 3.8) is 0 Å². The van der Waals surface area contributed by atoms with Crippen LogP contribution in [0.5, 0.6) is 0 Å². The van der Waals surface area contributed by atoms with Gasteiger partial charge in [-0.25, -0.2) is 13.1 Å². The first-order chi connectivity index (χ1) is 12.8. The monoisotopic (exact) mass is 386 g/mol. The Morgan fingerprint density at radius 3 is 2.33 bits per heavy atom. The first-order valence-electron chi connectivity index (χ1n) is 9.26. The quantitative estimate of drug-likeness (QED) is 0.859. The Morgan fingerprint density at radius 2 is 1.70 bits per heavy atom. The molecule has 2 aromatic rings. The number of likely N-dealkylation sites (tertiary alicyclic amines) is 1. The van der Waals surface area contributed by atoms with E-state index in [1.807, 2.05) is 55.1 Å². The van der Waals surface area contributed by atoms with Crippen molar-refractivity contribution in [2.75, 3.05) is 13.1 Å². The van der Waals surface area contributed by atoms with Crippen molar-refractivity contribution in [3.05, 3.63) is 65.2 Å². The Bertz CT molecular complexity index is 902. The lowest BCUT2D eigenvalue weighted by atomic mass is 10.0. The summed E-state index contributed by atoms with van der Waals surface area (Å²) in [5.41, 5.74) is 3.03. The Balaban J connectivity index is 1.55. The van der Waals surface area contributed by atoms with Gasteiger partial charge in [-0.2, -0.15) is 0 Å². The van der Waals surface area contributed by atoms with Gasteiger partial charge >= 0.3 is 0 Å². The minimum Gasteiger partial charge on any atom is -0.342 e. The molecule has 0 unspecified atom stereocenters. The number of piperidine rings is 1. The number of sulfonamides is 1. The summed E-state index contributed by atoms with van der Waals surface area (Å²) in [4.78, 5) is 14.6. The number of carbonyl (C=O) groups excluding carboxylic acids is 1. The van der Waals surface area contributed by atoms with Crippen molar-refractivity contribution in [2.45, 2.75) is 44.0 Å². The lowest BCUT2D eigenvalue weighted by Gasteiger charge is -2.32. The molecule has 1 aliphatic rings. The van der Waals surface area contributed by atoms with Crippen LogP contribution in [0.15, 0.2) is 53.4 Å². The van der Waals surface area contributed by atoms with Gasteiger partial charge in [0.2, 0.25) is 15.9 Å². The highest BCUT2D eigenvalue weighted by Crippen LogP contribution is 2.18. The molecular formula is C21H26N2O3S. The van der Waals surface area contributed by atoms with Crippen molar-refractivity contribution in [3.8, 4) is 0 Å². The molecule has 5 nitrogen and oxygen atoms in total. The third kappa shape index (κ3) is 4.96. The number of rotatable bonds is 5. The van der Waals surface area contributed by atoms with Gasteiger partial charge in [-0.05, 0) is 55.5 Å². The maximum atomic E-state index is 12.6. The van der Waals surface area contributed by atoms with Crippen LogP contribution in [0.3, 0.4) is 0 Å². The number of benzene rings is 2. The zero-order valence-corrected chi connectivity index (χ0v) is 16.6. The molecule has 0 radical (unpaired) electrons. The number of hydrogen-bond donors (Lipinski definition) is 1. The third-order valence-corrected chi connectivity index (χ3v) is 6.67. The first-order valence-corrected chi connectivity index (χ1v) is 10.7. The summed E-state index contributed by atoms with van der Waals surface area (Å²) in [7, 11) is -3.54. The van der Waals surface area contributed by atoms with Crippen molar-refractivity contribution in [1.82, 2.24) is 9.62 Å². The van der Waals surface area contributed by atoms with Crippen molar-refractivity contribution in [2.24, 2.45) is 0 Å². The van der Waals surface area contributed by atoms with E-state index in [0.29, 0.717) is 37.2 Å². The molecule has 1 aliphatic heterocycles. The maximum absolute atomic E-state index is 12.6. The second kappa shape index (κ2) is 8.23. The highest BCUT2D eigenvalue weighted by atomic mass is 32.2. The van der Waals surface area contributed by atoms with Gasteiger partial charge in [0.15, 0.2) is 0 Å². The summed E-state index contributed by atoms with van der Waals surface area (Å²) in [6.07, 6.45) is 1.65. The summed E-state index contributed by atoms with van der Waals surface area (Å²) in [6.45, 7) is 5.02. The molecule has 1 N–H and O–H groups in total. The van der Waals surface area contributed by atoms with E-state index < -0.39 is 10.0 Å². The highest BCUT2D eigenvalue weighted by Gasteiger charge is 2.26. The van der Waals surface area contributed by atoms with Crippen LogP contribution >= 0.6 is 0 Å². The average Bonchev–Trinajstić information content (AvgIpc) is 2.65. The molecule has 0 aliphatic carbocycles. The van der Waals surface area contributed by atoms with E-state index in [9.17, 15) is 13.2 Å². The molecule has 0 atom stereocenters. The van der Waals surface area contributed by atoms with Crippen LogP contribution < -0.4 is 4.72 Å². The van der Waals surface area contributed by atoms with Gasteiger partial charge in [-0.3, -0.25) is 4.79 Å². The fourth-order valence-corrected chi connectivity index (χ4v) is 4.69. The van der Waals surface area contributed by atoms with E-state index >= 15 is 0 Å². The summed E-state index contributed by atoms with van der Waals surface area (Å²) in [5, 5.41) is 0. The largest absolute Gasteiger partial charge is 0.342 e. The second-order valence-corrected chi connectivity index (χ2v) is 8.90. The Morgan fingerprint density at radius 1 is 1.04 bits per heavy atom. The zero-order chi connectivity index (χ0) is 19.4. The lowest BCUT2D eigenvalue weighted by Crippen LogP contribution is -2.46. The van der Waals surface area contributed by atoms with Crippen LogP contribution in [0.1, 0.15) is 29.5 Å². The fraction of sp³-hybridized carbons (Fsp3) is 0.381. The van der Waals surface area contributed by atoms with E-state index in [1.54, 1.807) is 12.1 Å². The van der Waals surface area contributed by atoms with Crippen LogP contribution in [-0.2, 0) is 21.2 Å². The summed E-state index contributed by atoms with van der Waals surface area (Å²) >= 11 is 0. The van der Waals surface area contributed by atoms with Gasteiger partial charge in [0.1, 0.15) is 0 Å². The zero-order valence-electron chi connectivity index (χ0n) is 15.8. The number of amides is 1. The van der Waals surface area contributed by atoms with E-state index in [0.717, 1.165) is 16.7 Å². The molecule has 1 heterocycles. The molecule has 1 saturated heterocycles. The topological polar surface area (TPSA) is 66.5 Å². The van der Waals surface area contributed by atoms with E-state index in [1.165, 1.54) is 0 Å². The maximum Gasteiger partial charge on any atom is 0.240 e. The molecule has 1 fully saturated rings. The predicted molar refractivity (Wildman–Crippen MR) is 106 cm³/mol. The number of hydrogen-bond acceptors (Lipinski definition) is 3. The lowest BCUT2D eigenvalue weighted by molar-refractivity contribution is -0.131. The molecule has 0 spiro atoms. The molecule has 6 heteroatoms. The average molecular weight is 387 g/mol. The Labute approximate surface area is 161 Å². The Kier molecular flexibility index (Phi) is 5.97. The predicted octanol–water partition coefficient (Wildman–Crippen LogP) is 2.82. The minimum atomic E-state index is -3.54. The molecule has 3 rings (SSSR count). The van der Waals surface area contributed by atoms with Crippen molar-refractivity contribution in [1.29, 1.82) is 0 Å². The number of carbonyl (C=O) groups is 1. The number of aryl methyl sites for hydroxylation is 2. The van der Waals surface area contributed by atoms with E-state index in [4.69, 9.17) is 0 Å². The van der Waals surface area contributed by atoms with Gasteiger partial charge in [-0.15, -0.1) is 0 Å². The standard InChI is InChI=1S/C21H26N2O3S/c1-16-8-9-20(14-17(16)2)27(25,26)22-19-10-12-23(13-11-19)21(24)15-18-6-4-3-5-7-18/h3-9,14,19,22H,10-13,15H2,1-2H3. The van der Waals surface area contributed by atoms with Crippen LogP contribution in [-0.4, -0.2) is 38.4 Å². The van der Waals surface area contributed by atoms with Gasteiger partial charge in [-0.1, -0.05) is 36.4 Å². The molecule has 0 bridgehead atoms. The van der Waals surface area contributed by atoms with Crippen molar-refractivity contribution < 1.29 is 13.2 Å². The van der Waals surface area contributed by atoms with Gasteiger partial charge in [0.05, 0.1) is 11.3 Å². The van der Waals surface area contributed by atoms with Gasteiger partial charge < -0.3 is 4.90 Å².